The summed E-state index contributed by atoms with van der Waals surface area (Å²) in [5, 5.41) is 9.67. The summed E-state index contributed by atoms with van der Waals surface area (Å²) in [6.07, 6.45) is 0.899. The molecule has 100 valence electrons. The summed E-state index contributed by atoms with van der Waals surface area (Å²) in [7, 11) is -3.48. The quantitative estimate of drug-likeness (QED) is 0.905. The van der Waals surface area contributed by atoms with Gasteiger partial charge in [-0.25, -0.2) is 8.42 Å². The Morgan fingerprint density at radius 2 is 1.94 bits per heavy atom. The van der Waals surface area contributed by atoms with Gasteiger partial charge in [0.05, 0.1) is 17.0 Å². The molecule has 0 radical (unpaired) electrons. The molecule has 1 aliphatic heterocycles. The summed E-state index contributed by atoms with van der Waals surface area (Å²) in [5.41, 5.74) is 1.03. The second-order valence-corrected chi connectivity index (χ2v) is 6.77. The van der Waals surface area contributed by atoms with Gasteiger partial charge in [-0.2, -0.15) is 4.31 Å². The monoisotopic (exact) mass is 269 g/mol. The van der Waals surface area contributed by atoms with E-state index in [1.807, 2.05) is 6.92 Å². The molecule has 1 N–H and O–H groups in total. The average Bonchev–Trinajstić information content (AvgIpc) is 2.79. The summed E-state index contributed by atoms with van der Waals surface area (Å²) in [6, 6.07) is 6.54. The number of benzene rings is 1. The van der Waals surface area contributed by atoms with E-state index < -0.39 is 16.1 Å². The van der Waals surface area contributed by atoms with Crippen molar-refractivity contribution in [2.45, 2.75) is 43.7 Å². The molecule has 1 fully saturated rings. The molecule has 5 heteroatoms. The van der Waals surface area contributed by atoms with Crippen molar-refractivity contribution in [2.75, 3.05) is 6.54 Å². The molecular weight excluding hydrogens is 250 g/mol. The standard InChI is InChI=1S/C13H19NO3S/c1-10-5-7-12(8-6-10)18(16,17)14-9-3-4-13(14)11(2)15/h5-8,11,13,15H,3-4,9H2,1-2H3/t11?,13-/m0/s1. The first kappa shape index (κ1) is 13.5. The van der Waals surface area contributed by atoms with Crippen LogP contribution in [0.5, 0.6) is 0 Å². The number of aliphatic hydroxyl groups is 1. The second-order valence-electron chi connectivity index (χ2n) is 4.88. The zero-order valence-corrected chi connectivity index (χ0v) is 11.5. The topological polar surface area (TPSA) is 57.6 Å². The maximum atomic E-state index is 12.5. The van der Waals surface area contributed by atoms with Gasteiger partial charge in [-0.05, 0) is 38.8 Å². The summed E-state index contributed by atoms with van der Waals surface area (Å²) >= 11 is 0. The number of aliphatic hydroxyl groups excluding tert-OH is 1. The molecule has 1 aliphatic rings. The summed E-state index contributed by atoms with van der Waals surface area (Å²) in [6.45, 7) is 4.06. The summed E-state index contributed by atoms with van der Waals surface area (Å²) < 4.78 is 26.4. The van der Waals surface area contributed by atoms with E-state index >= 15 is 0 Å². The second kappa shape index (κ2) is 4.99. The molecule has 2 atom stereocenters. The van der Waals surface area contributed by atoms with Gasteiger partial charge in [0.15, 0.2) is 0 Å². The third-order valence-electron chi connectivity index (χ3n) is 3.43. The van der Waals surface area contributed by atoms with Crippen LogP contribution in [0.1, 0.15) is 25.3 Å². The molecule has 0 aliphatic carbocycles. The molecule has 0 saturated carbocycles. The van der Waals surface area contributed by atoms with Crippen molar-refractivity contribution in [3.8, 4) is 0 Å². The minimum atomic E-state index is -3.48. The third-order valence-corrected chi connectivity index (χ3v) is 5.37. The van der Waals surface area contributed by atoms with Crippen molar-refractivity contribution < 1.29 is 13.5 Å². The Kier molecular flexibility index (Phi) is 3.75. The minimum Gasteiger partial charge on any atom is -0.392 e. The number of aryl methyl sites for hydroxylation is 1. The van der Waals surface area contributed by atoms with Crippen LogP contribution < -0.4 is 0 Å². The molecule has 0 aromatic heterocycles. The Hall–Kier alpha value is -0.910. The van der Waals surface area contributed by atoms with Gasteiger partial charge >= 0.3 is 0 Å². The van der Waals surface area contributed by atoms with E-state index in [1.54, 1.807) is 31.2 Å². The molecule has 18 heavy (non-hydrogen) atoms. The number of sulfonamides is 1. The SMILES string of the molecule is Cc1ccc(S(=O)(=O)N2CCC[C@H]2C(C)O)cc1. The van der Waals surface area contributed by atoms with Gasteiger partial charge in [-0.3, -0.25) is 0 Å². The van der Waals surface area contributed by atoms with E-state index in [2.05, 4.69) is 0 Å². The van der Waals surface area contributed by atoms with E-state index in [1.165, 1.54) is 4.31 Å². The molecule has 1 unspecified atom stereocenters. The number of nitrogens with zero attached hydrogens (tertiary/aromatic N) is 1. The van der Waals surface area contributed by atoms with Crippen molar-refractivity contribution in [3.05, 3.63) is 29.8 Å². The summed E-state index contributed by atoms with van der Waals surface area (Å²) in [5.74, 6) is 0. The van der Waals surface area contributed by atoms with Crippen molar-refractivity contribution >= 4 is 10.0 Å². The van der Waals surface area contributed by atoms with E-state index in [0.29, 0.717) is 11.4 Å². The van der Waals surface area contributed by atoms with Gasteiger partial charge in [0.2, 0.25) is 10.0 Å². The van der Waals surface area contributed by atoms with Gasteiger partial charge in [0.25, 0.3) is 0 Å². The normalized spacial score (nSPS) is 23.2. The molecule has 1 heterocycles. The average molecular weight is 269 g/mol. The molecule has 0 bridgehead atoms. The van der Waals surface area contributed by atoms with E-state index in [9.17, 15) is 13.5 Å². The molecule has 2 rings (SSSR count). The number of rotatable bonds is 3. The fourth-order valence-electron chi connectivity index (χ4n) is 2.39. The maximum Gasteiger partial charge on any atom is 0.243 e. The highest BCUT2D eigenvalue weighted by Crippen LogP contribution is 2.27. The number of hydrogen-bond acceptors (Lipinski definition) is 3. The fourth-order valence-corrected chi connectivity index (χ4v) is 4.15. The summed E-state index contributed by atoms with van der Waals surface area (Å²) in [4.78, 5) is 0.306. The smallest absolute Gasteiger partial charge is 0.243 e. The Bertz CT molecular complexity index is 508. The highest BCUT2D eigenvalue weighted by atomic mass is 32.2. The fraction of sp³-hybridized carbons (Fsp3) is 0.538. The van der Waals surface area contributed by atoms with Gasteiger partial charge in [0, 0.05) is 6.54 Å². The molecular formula is C13H19NO3S. The number of hydrogen-bond donors (Lipinski definition) is 1. The van der Waals surface area contributed by atoms with Crippen molar-refractivity contribution in [1.29, 1.82) is 0 Å². The molecule has 1 saturated heterocycles. The molecule has 1 aromatic rings. The molecule has 0 spiro atoms. The predicted octanol–water partition coefficient (Wildman–Crippen LogP) is 1.53. The van der Waals surface area contributed by atoms with Crippen LogP contribution in [0.25, 0.3) is 0 Å². The van der Waals surface area contributed by atoms with Crippen LogP contribution in [0, 0.1) is 6.92 Å². The first-order valence-electron chi connectivity index (χ1n) is 6.19. The van der Waals surface area contributed by atoms with Crippen molar-refractivity contribution in [3.63, 3.8) is 0 Å². The third kappa shape index (κ3) is 2.43. The highest BCUT2D eigenvalue weighted by Gasteiger charge is 2.37. The lowest BCUT2D eigenvalue weighted by Crippen LogP contribution is -2.41. The largest absolute Gasteiger partial charge is 0.392 e. The zero-order valence-electron chi connectivity index (χ0n) is 10.7. The Morgan fingerprint density at radius 1 is 1.33 bits per heavy atom. The van der Waals surface area contributed by atoms with Crippen LogP contribution in [0.3, 0.4) is 0 Å². The lowest BCUT2D eigenvalue weighted by molar-refractivity contribution is 0.123. The van der Waals surface area contributed by atoms with Crippen molar-refractivity contribution in [2.24, 2.45) is 0 Å². The van der Waals surface area contributed by atoms with Gasteiger partial charge in [0.1, 0.15) is 0 Å². The van der Waals surface area contributed by atoms with Gasteiger partial charge < -0.3 is 5.11 Å². The first-order valence-corrected chi connectivity index (χ1v) is 7.63. The molecule has 4 nitrogen and oxygen atoms in total. The zero-order chi connectivity index (χ0) is 13.3. The van der Waals surface area contributed by atoms with Crippen LogP contribution in [0.2, 0.25) is 0 Å². The first-order chi connectivity index (χ1) is 8.43. The van der Waals surface area contributed by atoms with Crippen LogP contribution in [-0.2, 0) is 10.0 Å². The van der Waals surface area contributed by atoms with E-state index in [4.69, 9.17) is 0 Å². The van der Waals surface area contributed by atoms with Crippen LogP contribution >= 0.6 is 0 Å². The van der Waals surface area contributed by atoms with Gasteiger partial charge in [-0.1, -0.05) is 17.7 Å². The van der Waals surface area contributed by atoms with Gasteiger partial charge in [-0.15, -0.1) is 0 Å². The molecule has 0 amide bonds. The van der Waals surface area contributed by atoms with Crippen LogP contribution in [-0.4, -0.2) is 36.5 Å². The highest BCUT2D eigenvalue weighted by molar-refractivity contribution is 7.89. The lowest BCUT2D eigenvalue weighted by Gasteiger charge is -2.26. The van der Waals surface area contributed by atoms with Crippen LogP contribution in [0.15, 0.2) is 29.2 Å². The maximum absolute atomic E-state index is 12.5. The van der Waals surface area contributed by atoms with Crippen molar-refractivity contribution in [1.82, 2.24) is 4.31 Å². The van der Waals surface area contributed by atoms with E-state index in [-0.39, 0.29) is 6.04 Å². The molecule has 1 aromatic carbocycles. The van der Waals surface area contributed by atoms with E-state index in [0.717, 1.165) is 18.4 Å². The lowest BCUT2D eigenvalue weighted by atomic mass is 10.1. The Labute approximate surface area is 108 Å². The predicted molar refractivity (Wildman–Crippen MR) is 69.8 cm³/mol. The minimum absolute atomic E-state index is 0.295. The van der Waals surface area contributed by atoms with Crippen LogP contribution in [0.4, 0.5) is 0 Å². The Balaban J connectivity index is 2.33. The Morgan fingerprint density at radius 3 is 2.50 bits per heavy atom.